The van der Waals surface area contributed by atoms with Crippen molar-refractivity contribution in [1.82, 2.24) is 0 Å². The minimum atomic E-state index is -0.530. The number of aliphatic hydroxyl groups excluding tert-OH is 1. The summed E-state index contributed by atoms with van der Waals surface area (Å²) in [5, 5.41) is 10.2. The van der Waals surface area contributed by atoms with Crippen molar-refractivity contribution in [2.45, 2.75) is 45.1 Å². The molecule has 0 spiro atoms. The van der Waals surface area contributed by atoms with Gasteiger partial charge in [-0.1, -0.05) is 66.6 Å². The fraction of sp³-hybridized carbons (Fsp3) is 0.368. The molecule has 1 aliphatic carbocycles. The smallest absolute Gasteiger partial charge is 0.0975 e. The van der Waals surface area contributed by atoms with E-state index in [0.29, 0.717) is 0 Å². The molecule has 20 heavy (non-hydrogen) atoms. The Bertz CT molecular complexity index is 491. The molecular weight excluding hydrogens is 244 g/mol. The quantitative estimate of drug-likeness (QED) is 0.815. The van der Waals surface area contributed by atoms with Crippen LogP contribution in [0.3, 0.4) is 0 Å². The molecule has 0 saturated carbocycles. The average Bonchev–Trinajstić information content (AvgIpc) is 2.59. The number of aryl methyl sites for hydroxylation is 1. The van der Waals surface area contributed by atoms with E-state index in [2.05, 4.69) is 25.2 Å². The molecule has 2 rings (SSSR count). The molecule has 1 heteroatoms. The zero-order valence-corrected chi connectivity index (χ0v) is 12.3. The normalized spacial score (nSPS) is 22.4. The van der Waals surface area contributed by atoms with Crippen molar-refractivity contribution >= 4 is 0 Å². The molecule has 1 N–H and O–H groups in total. The monoisotopic (exact) mass is 268 g/mol. The van der Waals surface area contributed by atoms with Gasteiger partial charge < -0.3 is 5.11 Å². The van der Waals surface area contributed by atoms with Crippen molar-refractivity contribution in [3.63, 3.8) is 0 Å². The molecule has 1 aromatic rings. The molecule has 0 radical (unpaired) electrons. The summed E-state index contributed by atoms with van der Waals surface area (Å²) in [4.78, 5) is 0. The summed E-state index contributed by atoms with van der Waals surface area (Å²) in [5.74, 6) is 0. The SMILES string of the molecule is Cc1ccc(C(O)/C=C/C2=C/CCCCC/C=C\2)cc1. The molecule has 0 fully saturated rings. The van der Waals surface area contributed by atoms with Crippen LogP contribution in [0.4, 0.5) is 0 Å². The Morgan fingerprint density at radius 2 is 1.80 bits per heavy atom. The van der Waals surface area contributed by atoms with E-state index in [0.717, 1.165) is 18.4 Å². The van der Waals surface area contributed by atoms with E-state index >= 15 is 0 Å². The third-order valence-electron chi connectivity index (χ3n) is 3.66. The van der Waals surface area contributed by atoms with Crippen LogP contribution in [0.2, 0.25) is 0 Å². The summed E-state index contributed by atoms with van der Waals surface area (Å²) in [7, 11) is 0. The average molecular weight is 268 g/mol. The second-order valence-electron chi connectivity index (χ2n) is 5.46. The van der Waals surface area contributed by atoms with Crippen molar-refractivity contribution in [2.75, 3.05) is 0 Å². The van der Waals surface area contributed by atoms with Crippen molar-refractivity contribution in [1.29, 1.82) is 0 Å². The molecular formula is C19H24O. The number of rotatable bonds is 3. The van der Waals surface area contributed by atoms with Gasteiger partial charge in [-0.15, -0.1) is 0 Å². The lowest BCUT2D eigenvalue weighted by Gasteiger charge is -2.06. The van der Waals surface area contributed by atoms with E-state index in [1.54, 1.807) is 0 Å². The van der Waals surface area contributed by atoms with Gasteiger partial charge in [0.2, 0.25) is 0 Å². The second-order valence-corrected chi connectivity index (χ2v) is 5.46. The van der Waals surface area contributed by atoms with E-state index in [-0.39, 0.29) is 0 Å². The van der Waals surface area contributed by atoms with Gasteiger partial charge in [0.25, 0.3) is 0 Å². The van der Waals surface area contributed by atoms with Crippen LogP contribution in [0.25, 0.3) is 0 Å². The summed E-state index contributed by atoms with van der Waals surface area (Å²) >= 11 is 0. The van der Waals surface area contributed by atoms with E-state index in [9.17, 15) is 5.11 Å². The van der Waals surface area contributed by atoms with Crippen molar-refractivity contribution in [3.8, 4) is 0 Å². The number of hydrogen-bond donors (Lipinski definition) is 1. The minimum Gasteiger partial charge on any atom is -0.384 e. The van der Waals surface area contributed by atoms with Crippen LogP contribution in [0.5, 0.6) is 0 Å². The van der Waals surface area contributed by atoms with Crippen LogP contribution < -0.4 is 0 Å². The first-order valence-corrected chi connectivity index (χ1v) is 7.55. The highest BCUT2D eigenvalue weighted by atomic mass is 16.3. The van der Waals surface area contributed by atoms with Crippen molar-refractivity contribution in [3.05, 3.63) is 71.3 Å². The lowest BCUT2D eigenvalue weighted by atomic mass is 10.1. The second kappa shape index (κ2) is 7.86. The molecule has 0 aromatic heterocycles. The molecule has 1 unspecified atom stereocenters. The lowest BCUT2D eigenvalue weighted by Crippen LogP contribution is -1.92. The van der Waals surface area contributed by atoms with Gasteiger partial charge in [0, 0.05) is 0 Å². The number of allylic oxidation sites excluding steroid dienone is 5. The van der Waals surface area contributed by atoms with Gasteiger partial charge in [0.15, 0.2) is 0 Å². The van der Waals surface area contributed by atoms with Gasteiger partial charge in [-0.3, -0.25) is 0 Å². The largest absolute Gasteiger partial charge is 0.384 e. The standard InChI is InChI=1S/C19H24O/c1-16-10-13-18(14-11-16)19(20)15-12-17-8-6-4-2-3-5-7-9-17/h6,8-15,19-20H,2-5,7H2,1H3/b8-6-,15-12+,17-9+. The summed E-state index contributed by atoms with van der Waals surface area (Å²) in [6.07, 6.45) is 16.2. The first-order valence-electron chi connectivity index (χ1n) is 7.55. The van der Waals surface area contributed by atoms with Crippen LogP contribution in [0.1, 0.15) is 49.3 Å². The molecule has 1 aliphatic rings. The Hall–Kier alpha value is -1.60. The highest BCUT2D eigenvalue weighted by molar-refractivity contribution is 5.33. The highest BCUT2D eigenvalue weighted by Crippen LogP contribution is 2.17. The van der Waals surface area contributed by atoms with Gasteiger partial charge in [0.05, 0.1) is 6.10 Å². The number of hydrogen-bond acceptors (Lipinski definition) is 1. The molecule has 0 saturated heterocycles. The Balaban J connectivity index is 2.02. The molecule has 1 aromatic carbocycles. The molecule has 0 amide bonds. The topological polar surface area (TPSA) is 20.2 Å². The maximum atomic E-state index is 10.2. The van der Waals surface area contributed by atoms with E-state index in [4.69, 9.17) is 0 Å². The van der Waals surface area contributed by atoms with Gasteiger partial charge in [-0.2, -0.15) is 0 Å². The zero-order chi connectivity index (χ0) is 14.2. The van der Waals surface area contributed by atoms with Gasteiger partial charge in [0.1, 0.15) is 0 Å². The predicted molar refractivity (Wildman–Crippen MR) is 85.6 cm³/mol. The Labute approximate surface area is 122 Å². The minimum absolute atomic E-state index is 0.530. The van der Waals surface area contributed by atoms with Crippen molar-refractivity contribution in [2.24, 2.45) is 0 Å². The summed E-state index contributed by atoms with van der Waals surface area (Å²) < 4.78 is 0. The first-order chi connectivity index (χ1) is 9.75. The fourth-order valence-corrected chi connectivity index (χ4v) is 2.34. The lowest BCUT2D eigenvalue weighted by molar-refractivity contribution is 0.228. The van der Waals surface area contributed by atoms with Gasteiger partial charge in [-0.25, -0.2) is 0 Å². The summed E-state index contributed by atoms with van der Waals surface area (Å²) in [5.41, 5.74) is 3.37. The highest BCUT2D eigenvalue weighted by Gasteiger charge is 2.02. The fourth-order valence-electron chi connectivity index (χ4n) is 2.34. The third-order valence-corrected chi connectivity index (χ3v) is 3.66. The predicted octanol–water partition coefficient (Wildman–Crippen LogP) is 5.03. The van der Waals surface area contributed by atoms with Crippen LogP contribution in [-0.4, -0.2) is 5.11 Å². The molecule has 106 valence electrons. The van der Waals surface area contributed by atoms with Crippen LogP contribution in [0.15, 0.2) is 60.2 Å². The van der Waals surface area contributed by atoms with Gasteiger partial charge >= 0.3 is 0 Å². The van der Waals surface area contributed by atoms with E-state index in [1.165, 1.54) is 30.4 Å². The summed E-state index contributed by atoms with van der Waals surface area (Å²) in [6, 6.07) is 8.03. The summed E-state index contributed by atoms with van der Waals surface area (Å²) in [6.45, 7) is 2.05. The molecule has 1 nitrogen and oxygen atoms in total. The van der Waals surface area contributed by atoms with Gasteiger partial charge in [-0.05, 0) is 43.7 Å². The first kappa shape index (κ1) is 14.8. The van der Waals surface area contributed by atoms with Crippen LogP contribution in [-0.2, 0) is 0 Å². The number of benzene rings is 1. The maximum Gasteiger partial charge on any atom is 0.0975 e. The number of aliphatic hydroxyl groups is 1. The van der Waals surface area contributed by atoms with Crippen LogP contribution in [0, 0.1) is 6.92 Å². The molecule has 0 heterocycles. The van der Waals surface area contributed by atoms with Crippen LogP contribution >= 0.6 is 0 Å². The molecule has 1 atom stereocenters. The van der Waals surface area contributed by atoms with E-state index < -0.39 is 6.10 Å². The zero-order valence-electron chi connectivity index (χ0n) is 12.3. The Morgan fingerprint density at radius 1 is 1.05 bits per heavy atom. The Morgan fingerprint density at radius 3 is 2.60 bits per heavy atom. The van der Waals surface area contributed by atoms with E-state index in [1.807, 2.05) is 36.4 Å². The molecule has 0 bridgehead atoms. The van der Waals surface area contributed by atoms with Crippen molar-refractivity contribution < 1.29 is 5.11 Å². The molecule has 0 aliphatic heterocycles. The maximum absolute atomic E-state index is 10.2. The third kappa shape index (κ3) is 4.82. The Kier molecular flexibility index (Phi) is 5.82.